The summed E-state index contributed by atoms with van der Waals surface area (Å²) in [6.45, 7) is 3.01. The molecule has 3 aliphatic heterocycles. The van der Waals surface area contributed by atoms with E-state index in [4.69, 9.17) is 0 Å². The van der Waals surface area contributed by atoms with Crippen LogP contribution in [0.25, 0.3) is 0 Å². The Kier molecular flexibility index (Phi) is 5.37. The Morgan fingerprint density at radius 3 is 2.79 bits per heavy atom. The molecule has 0 amide bonds. The number of sulfone groups is 1. The van der Waals surface area contributed by atoms with E-state index >= 15 is 0 Å². The van der Waals surface area contributed by atoms with Gasteiger partial charge in [0.25, 0.3) is 0 Å². The maximum atomic E-state index is 14.8. The molecule has 0 bridgehead atoms. The van der Waals surface area contributed by atoms with Crippen molar-refractivity contribution in [3.05, 3.63) is 23.3 Å². The smallest absolute Gasteiger partial charge is 0.227 e. The summed E-state index contributed by atoms with van der Waals surface area (Å²) in [4.78, 5) is 12.2. The van der Waals surface area contributed by atoms with Crippen LogP contribution in [0.5, 0.6) is 0 Å². The van der Waals surface area contributed by atoms with Gasteiger partial charge in [-0.05, 0) is 39.0 Å². The highest BCUT2D eigenvalue weighted by Gasteiger charge is 2.66. The summed E-state index contributed by atoms with van der Waals surface area (Å²) >= 11 is 0. The van der Waals surface area contributed by atoms with Crippen molar-refractivity contribution in [2.45, 2.75) is 75.6 Å². The molecular formula is C21H30FN7O3S. The highest BCUT2D eigenvalue weighted by Crippen LogP contribution is 2.56. The predicted molar refractivity (Wildman–Crippen MR) is 121 cm³/mol. The number of aryl methyl sites for hydroxylation is 1. The molecule has 3 aliphatic rings. The summed E-state index contributed by atoms with van der Waals surface area (Å²) < 4.78 is 40.4. The van der Waals surface area contributed by atoms with E-state index in [-0.39, 0.29) is 35.4 Å². The van der Waals surface area contributed by atoms with Crippen LogP contribution in [0.4, 0.5) is 22.0 Å². The van der Waals surface area contributed by atoms with Crippen LogP contribution in [0.3, 0.4) is 0 Å². The predicted octanol–water partition coefficient (Wildman–Crippen LogP) is 1.85. The molecule has 3 N–H and O–H groups in total. The third kappa shape index (κ3) is 3.41. The Balaban J connectivity index is 1.38. The number of anilines is 3. The van der Waals surface area contributed by atoms with Gasteiger partial charge in [0.05, 0.1) is 6.61 Å². The molecule has 2 aromatic rings. The average Bonchev–Trinajstić information content (AvgIpc) is 3.35. The summed E-state index contributed by atoms with van der Waals surface area (Å²) in [5, 5.41) is 19.4. The van der Waals surface area contributed by atoms with E-state index in [0.717, 1.165) is 25.0 Å². The van der Waals surface area contributed by atoms with Crippen LogP contribution < -0.4 is 10.2 Å². The minimum atomic E-state index is -3.14. The van der Waals surface area contributed by atoms with Gasteiger partial charge < -0.3 is 15.3 Å². The van der Waals surface area contributed by atoms with Crippen molar-refractivity contribution in [3.63, 3.8) is 0 Å². The van der Waals surface area contributed by atoms with Crippen LogP contribution in [0.15, 0.2) is 6.07 Å². The number of H-pyrrole nitrogens is 1. The molecule has 5 rings (SSSR count). The highest BCUT2D eigenvalue weighted by molar-refractivity contribution is 7.92. The second-order valence-corrected chi connectivity index (χ2v) is 12.0. The summed E-state index contributed by atoms with van der Waals surface area (Å²) in [7, 11) is -1.26. The van der Waals surface area contributed by atoms with E-state index in [9.17, 15) is 17.9 Å². The van der Waals surface area contributed by atoms with Crippen molar-refractivity contribution in [2.75, 3.05) is 23.0 Å². The molecule has 0 aliphatic carbocycles. The number of hydrogen-bond acceptors (Lipinski definition) is 9. The van der Waals surface area contributed by atoms with Crippen LogP contribution in [0.2, 0.25) is 0 Å². The van der Waals surface area contributed by atoms with Gasteiger partial charge in [-0.2, -0.15) is 10.1 Å². The lowest BCUT2D eigenvalue weighted by molar-refractivity contribution is -0.0460. The van der Waals surface area contributed by atoms with Crippen LogP contribution in [0.1, 0.15) is 50.4 Å². The molecule has 1 unspecified atom stereocenters. The van der Waals surface area contributed by atoms with Gasteiger partial charge >= 0.3 is 0 Å². The summed E-state index contributed by atoms with van der Waals surface area (Å²) in [5.74, 6) is 0.153. The quantitative estimate of drug-likeness (QED) is 0.545. The number of aliphatic hydroxyl groups is 1. The topological polar surface area (TPSA) is 127 Å². The van der Waals surface area contributed by atoms with E-state index in [1.807, 2.05) is 18.9 Å². The zero-order valence-corrected chi connectivity index (χ0v) is 19.9. The van der Waals surface area contributed by atoms with Crippen molar-refractivity contribution in [2.24, 2.45) is 0 Å². The Bertz CT molecular complexity index is 1170. The van der Waals surface area contributed by atoms with Crippen LogP contribution >= 0.6 is 0 Å². The Morgan fingerprint density at radius 1 is 1.36 bits per heavy atom. The van der Waals surface area contributed by atoms with Gasteiger partial charge in [0.15, 0.2) is 27.3 Å². The van der Waals surface area contributed by atoms with E-state index in [1.165, 1.54) is 0 Å². The summed E-state index contributed by atoms with van der Waals surface area (Å²) in [6.07, 6.45) is 3.81. The number of aromatic amines is 1. The molecule has 3 fully saturated rings. The minimum absolute atomic E-state index is 0.0441. The molecule has 5 heterocycles. The van der Waals surface area contributed by atoms with E-state index < -0.39 is 27.1 Å². The monoisotopic (exact) mass is 479 g/mol. The Labute approximate surface area is 192 Å². The average molecular weight is 480 g/mol. The first kappa shape index (κ1) is 22.5. The second-order valence-electron chi connectivity index (χ2n) is 9.40. The molecule has 0 saturated carbocycles. The number of aromatic nitrogens is 4. The van der Waals surface area contributed by atoms with Crippen molar-refractivity contribution < 1.29 is 17.9 Å². The van der Waals surface area contributed by atoms with Gasteiger partial charge in [0.2, 0.25) is 5.95 Å². The molecule has 0 aromatic carbocycles. The molecule has 10 nitrogen and oxygen atoms in total. The van der Waals surface area contributed by atoms with Crippen molar-refractivity contribution in [3.8, 4) is 0 Å². The van der Waals surface area contributed by atoms with Gasteiger partial charge in [0.1, 0.15) is 10.6 Å². The van der Waals surface area contributed by atoms with Gasteiger partial charge in [-0.25, -0.2) is 17.8 Å². The maximum absolute atomic E-state index is 14.8. The number of halogens is 1. The van der Waals surface area contributed by atoms with Gasteiger partial charge in [-0.1, -0.05) is 6.92 Å². The summed E-state index contributed by atoms with van der Waals surface area (Å²) in [5.41, 5.74) is 0.730. The number of hydrogen-bond donors (Lipinski definition) is 3. The van der Waals surface area contributed by atoms with E-state index in [2.05, 4.69) is 30.4 Å². The first-order chi connectivity index (χ1) is 15.7. The van der Waals surface area contributed by atoms with Crippen LogP contribution in [0, 0.1) is 12.7 Å². The van der Waals surface area contributed by atoms with Crippen molar-refractivity contribution in [1.82, 2.24) is 25.1 Å². The van der Waals surface area contributed by atoms with Crippen molar-refractivity contribution >= 4 is 27.4 Å². The number of nitrogens with zero attached hydrogens (tertiary/aromatic N) is 5. The number of rotatable bonds is 7. The minimum Gasteiger partial charge on any atom is -0.390 e. The van der Waals surface area contributed by atoms with Crippen molar-refractivity contribution in [1.29, 1.82) is 0 Å². The van der Waals surface area contributed by atoms with E-state index in [0.29, 0.717) is 24.6 Å². The molecule has 0 radical (unpaired) electrons. The SMILES string of the molecule is CCS(=O)(=O)C12CC[C@H]3C[C@H](N(C)c4nc(CO)c(F)c(Nc5cc(C)[nH]n5)n4)C[C@@H](C1)N32. The highest BCUT2D eigenvalue weighted by atomic mass is 32.2. The fraction of sp³-hybridized carbons (Fsp3) is 0.667. The third-order valence-corrected chi connectivity index (χ3v) is 10.1. The number of nitrogens with one attached hydrogen (secondary N) is 2. The molecule has 2 aromatic heterocycles. The fourth-order valence-electron chi connectivity index (χ4n) is 5.96. The zero-order valence-electron chi connectivity index (χ0n) is 19.0. The van der Waals surface area contributed by atoms with Crippen LogP contribution in [-0.4, -0.2) is 74.4 Å². The van der Waals surface area contributed by atoms with Gasteiger partial charge in [-0.3, -0.25) is 10.00 Å². The first-order valence-corrected chi connectivity index (χ1v) is 13.0. The first-order valence-electron chi connectivity index (χ1n) is 11.4. The third-order valence-electron chi connectivity index (χ3n) is 7.60. The van der Waals surface area contributed by atoms with E-state index in [1.54, 1.807) is 13.0 Å². The molecule has 3 saturated heterocycles. The molecular weight excluding hydrogens is 449 g/mol. The molecule has 4 atom stereocenters. The molecule has 0 spiro atoms. The van der Waals surface area contributed by atoms with Crippen LogP contribution in [-0.2, 0) is 16.4 Å². The normalized spacial score (nSPS) is 28.9. The number of aliphatic hydroxyl groups excluding tert-OH is 1. The van der Waals surface area contributed by atoms with Gasteiger partial charge in [-0.15, -0.1) is 0 Å². The van der Waals surface area contributed by atoms with Gasteiger partial charge in [0, 0.05) is 42.7 Å². The lowest BCUT2D eigenvalue weighted by Gasteiger charge is -2.59. The summed E-state index contributed by atoms with van der Waals surface area (Å²) in [6, 6.07) is 2.23. The second kappa shape index (κ2) is 7.88. The lowest BCUT2D eigenvalue weighted by Crippen LogP contribution is -2.71. The zero-order chi connectivity index (χ0) is 23.5. The lowest BCUT2D eigenvalue weighted by atomic mass is 9.82. The molecule has 12 heteroatoms. The molecule has 180 valence electrons. The fourth-order valence-corrected chi connectivity index (χ4v) is 7.99. The standard InChI is InChI=1S/C21H30FN7O3S/c1-4-33(31,32)21-6-5-13-8-14(9-15(10-21)29(13)21)28(3)20-23-16(11-30)18(22)19(25-20)24-17-7-12(2)26-27-17/h7,13-15,30H,4-6,8-11H2,1-3H3,(H2,23,24,25,26,27)/t13-,14-,15-,21?/m0/s1. The Morgan fingerprint density at radius 2 is 2.12 bits per heavy atom. The maximum Gasteiger partial charge on any atom is 0.227 e. The largest absolute Gasteiger partial charge is 0.390 e. The Hall–Kier alpha value is -2.31. The molecule has 33 heavy (non-hydrogen) atoms. The number of piperidine rings is 1.